The molecule has 0 fully saturated rings. The van der Waals surface area contributed by atoms with Gasteiger partial charge in [-0.25, -0.2) is 0 Å². The van der Waals surface area contributed by atoms with Gasteiger partial charge in [0.2, 0.25) is 11.6 Å². The highest BCUT2D eigenvalue weighted by Gasteiger charge is 2.44. The molecule has 0 spiro atoms. The largest absolute Gasteiger partial charge is 0.442 e. The second kappa shape index (κ2) is 6.89. The molecule has 1 N–H and O–H groups in total. The first-order valence-corrected chi connectivity index (χ1v) is 7.07. The standard InChI is InChI=1S/C14H10F6N4O3/c1-7-11(24(26)27)12(14(18,19)20)22-23(7)6-10(25)21-9-5-3-2-4-8(9)13(15,16)17/h2-5H,6H2,1H3,(H,21,25). The summed E-state index contributed by atoms with van der Waals surface area (Å²) in [6.45, 7) is -0.00768. The van der Waals surface area contributed by atoms with Crippen LogP contribution in [0.4, 0.5) is 37.7 Å². The highest BCUT2D eigenvalue weighted by Crippen LogP contribution is 2.37. The summed E-state index contributed by atoms with van der Waals surface area (Å²) < 4.78 is 77.7. The van der Waals surface area contributed by atoms with Gasteiger partial charge in [0, 0.05) is 0 Å². The first kappa shape index (κ1) is 20.2. The molecule has 0 bridgehead atoms. The zero-order valence-electron chi connectivity index (χ0n) is 13.4. The molecule has 1 aromatic heterocycles. The molecule has 1 amide bonds. The van der Waals surface area contributed by atoms with Crippen LogP contribution in [0.25, 0.3) is 0 Å². The monoisotopic (exact) mass is 396 g/mol. The smallest absolute Gasteiger partial charge is 0.324 e. The van der Waals surface area contributed by atoms with E-state index >= 15 is 0 Å². The third-order valence-corrected chi connectivity index (χ3v) is 3.43. The van der Waals surface area contributed by atoms with E-state index in [0.717, 1.165) is 19.1 Å². The molecule has 1 aromatic carbocycles. The van der Waals surface area contributed by atoms with Crippen LogP contribution in [0, 0.1) is 17.0 Å². The number of carbonyl (C=O) groups excluding carboxylic acids is 1. The maximum absolute atomic E-state index is 12.9. The van der Waals surface area contributed by atoms with Gasteiger partial charge in [0.05, 0.1) is 16.2 Å². The lowest BCUT2D eigenvalue weighted by molar-refractivity contribution is -0.388. The highest BCUT2D eigenvalue weighted by molar-refractivity contribution is 5.91. The van der Waals surface area contributed by atoms with E-state index in [0.29, 0.717) is 10.7 Å². The molecule has 27 heavy (non-hydrogen) atoms. The highest BCUT2D eigenvalue weighted by atomic mass is 19.4. The minimum Gasteiger partial charge on any atom is -0.324 e. The fourth-order valence-electron chi connectivity index (χ4n) is 2.27. The van der Waals surface area contributed by atoms with Crippen LogP contribution in [0.1, 0.15) is 17.0 Å². The first-order chi connectivity index (χ1) is 12.3. The van der Waals surface area contributed by atoms with Crippen molar-refractivity contribution in [3.63, 3.8) is 0 Å². The van der Waals surface area contributed by atoms with Gasteiger partial charge < -0.3 is 5.32 Å². The molecule has 0 aliphatic rings. The third-order valence-electron chi connectivity index (χ3n) is 3.43. The fourth-order valence-corrected chi connectivity index (χ4v) is 2.27. The van der Waals surface area contributed by atoms with Gasteiger partial charge in [-0.1, -0.05) is 12.1 Å². The number of nitrogens with one attached hydrogen (secondary N) is 1. The fraction of sp³-hybridized carbons (Fsp3) is 0.286. The Morgan fingerprint density at radius 1 is 1.19 bits per heavy atom. The van der Waals surface area contributed by atoms with Gasteiger partial charge in [0.15, 0.2) is 0 Å². The summed E-state index contributed by atoms with van der Waals surface area (Å²) in [5, 5.41) is 15.8. The number of hydrogen-bond donors (Lipinski definition) is 1. The van der Waals surface area contributed by atoms with Gasteiger partial charge >= 0.3 is 18.0 Å². The Kier molecular flexibility index (Phi) is 5.15. The van der Waals surface area contributed by atoms with Crippen molar-refractivity contribution in [2.75, 3.05) is 5.32 Å². The SMILES string of the molecule is Cc1c([N+](=O)[O-])c(C(F)(F)F)nn1CC(=O)Nc1ccccc1C(F)(F)F. The molecule has 0 saturated heterocycles. The van der Waals surface area contributed by atoms with E-state index in [1.165, 1.54) is 6.07 Å². The maximum atomic E-state index is 12.9. The number of halogens is 6. The number of carbonyl (C=O) groups is 1. The van der Waals surface area contributed by atoms with Crippen molar-refractivity contribution in [2.24, 2.45) is 0 Å². The Labute approximate surface area is 146 Å². The Bertz CT molecular complexity index is 888. The maximum Gasteiger partial charge on any atom is 0.442 e. The molecule has 13 heteroatoms. The molecule has 2 aromatic rings. The van der Waals surface area contributed by atoms with Crippen LogP contribution in [0.5, 0.6) is 0 Å². The number of nitro groups is 1. The second-order valence-electron chi connectivity index (χ2n) is 5.29. The summed E-state index contributed by atoms with van der Waals surface area (Å²) in [5.74, 6) is -1.14. The zero-order chi connectivity index (χ0) is 20.6. The van der Waals surface area contributed by atoms with Crippen LogP contribution in [0.15, 0.2) is 24.3 Å². The van der Waals surface area contributed by atoms with Crippen molar-refractivity contribution in [3.8, 4) is 0 Å². The van der Waals surface area contributed by atoms with Crippen LogP contribution in [-0.2, 0) is 23.7 Å². The second-order valence-corrected chi connectivity index (χ2v) is 5.29. The summed E-state index contributed by atoms with van der Waals surface area (Å²) in [6, 6.07) is 3.98. The lowest BCUT2D eigenvalue weighted by Gasteiger charge is -2.13. The van der Waals surface area contributed by atoms with E-state index in [-0.39, 0.29) is 0 Å². The van der Waals surface area contributed by atoms with E-state index in [1.54, 1.807) is 0 Å². The molecular formula is C14H10F6N4O3. The van der Waals surface area contributed by atoms with Gasteiger partial charge in [-0.05, 0) is 19.1 Å². The van der Waals surface area contributed by atoms with Crippen LogP contribution >= 0.6 is 0 Å². The summed E-state index contributed by atoms with van der Waals surface area (Å²) in [4.78, 5) is 21.5. The molecule has 7 nitrogen and oxygen atoms in total. The van der Waals surface area contributed by atoms with Crippen molar-refractivity contribution in [1.82, 2.24) is 9.78 Å². The predicted octanol–water partition coefficient (Wildman–Crippen LogP) is 3.78. The number of aromatic nitrogens is 2. The minimum absolute atomic E-state index is 0.409. The molecule has 0 unspecified atom stereocenters. The molecule has 0 aliphatic heterocycles. The van der Waals surface area contributed by atoms with Crippen molar-refractivity contribution >= 4 is 17.3 Å². The van der Waals surface area contributed by atoms with Gasteiger partial charge in [-0.2, -0.15) is 31.4 Å². The number of nitrogens with zero attached hydrogens (tertiary/aromatic N) is 3. The Morgan fingerprint density at radius 2 is 1.78 bits per heavy atom. The van der Waals surface area contributed by atoms with E-state index < -0.39 is 58.1 Å². The average Bonchev–Trinajstić information content (AvgIpc) is 2.83. The van der Waals surface area contributed by atoms with Crippen molar-refractivity contribution < 1.29 is 36.1 Å². The first-order valence-electron chi connectivity index (χ1n) is 7.07. The van der Waals surface area contributed by atoms with E-state index in [2.05, 4.69) is 5.10 Å². The van der Waals surface area contributed by atoms with Gasteiger partial charge in [-0.3, -0.25) is 19.6 Å². The van der Waals surface area contributed by atoms with E-state index in [4.69, 9.17) is 0 Å². The number of rotatable bonds is 4. The summed E-state index contributed by atoms with van der Waals surface area (Å²) in [6.07, 6.45) is -9.91. The van der Waals surface area contributed by atoms with Gasteiger partial charge in [0.25, 0.3) is 0 Å². The average molecular weight is 396 g/mol. The molecule has 146 valence electrons. The van der Waals surface area contributed by atoms with Crippen LogP contribution in [0.2, 0.25) is 0 Å². The van der Waals surface area contributed by atoms with Gasteiger partial charge in [-0.15, -0.1) is 0 Å². The Morgan fingerprint density at radius 3 is 2.26 bits per heavy atom. The lowest BCUT2D eigenvalue weighted by atomic mass is 10.1. The summed E-state index contributed by atoms with van der Waals surface area (Å²) in [5.41, 5.74) is -5.45. The number of benzene rings is 1. The van der Waals surface area contributed by atoms with Crippen LogP contribution < -0.4 is 5.32 Å². The van der Waals surface area contributed by atoms with Gasteiger partial charge in [0.1, 0.15) is 12.2 Å². The Hall–Kier alpha value is -3.12. The number of amides is 1. The number of alkyl halides is 6. The quantitative estimate of drug-likeness (QED) is 0.484. The topological polar surface area (TPSA) is 90.1 Å². The number of anilines is 1. The molecule has 1 heterocycles. The van der Waals surface area contributed by atoms with Crippen molar-refractivity contribution in [2.45, 2.75) is 25.8 Å². The molecule has 2 rings (SSSR count). The van der Waals surface area contributed by atoms with Crippen LogP contribution in [0.3, 0.4) is 0 Å². The molecule has 0 saturated carbocycles. The minimum atomic E-state index is -5.14. The molecule has 0 aliphatic carbocycles. The molecule has 0 radical (unpaired) electrons. The number of para-hydroxylation sites is 1. The van der Waals surface area contributed by atoms with Crippen molar-refractivity contribution in [1.29, 1.82) is 0 Å². The summed E-state index contributed by atoms with van der Waals surface area (Å²) >= 11 is 0. The lowest BCUT2D eigenvalue weighted by Crippen LogP contribution is -2.22. The van der Waals surface area contributed by atoms with E-state index in [1.807, 2.05) is 5.32 Å². The Balaban J connectivity index is 2.32. The van der Waals surface area contributed by atoms with Crippen molar-refractivity contribution in [3.05, 3.63) is 51.3 Å². The predicted molar refractivity (Wildman–Crippen MR) is 78.7 cm³/mol. The zero-order valence-corrected chi connectivity index (χ0v) is 13.4. The summed E-state index contributed by atoms with van der Waals surface area (Å²) in [7, 11) is 0. The van der Waals surface area contributed by atoms with E-state index in [9.17, 15) is 41.3 Å². The molecule has 0 atom stereocenters. The molecular weight excluding hydrogens is 386 g/mol. The third kappa shape index (κ3) is 4.35. The van der Waals surface area contributed by atoms with Crippen LogP contribution in [-0.4, -0.2) is 20.6 Å². The number of hydrogen-bond acceptors (Lipinski definition) is 4. The normalized spacial score (nSPS) is 12.1.